The van der Waals surface area contributed by atoms with Crippen LogP contribution in [0.25, 0.3) is 0 Å². The summed E-state index contributed by atoms with van der Waals surface area (Å²) >= 11 is 0. The molecular formula is C17H33O2. The molecule has 0 atom stereocenters. The summed E-state index contributed by atoms with van der Waals surface area (Å²) in [5.41, 5.74) is 0. The molecule has 0 rings (SSSR count). The Labute approximate surface area is 120 Å². The number of carbonyl (C=O) groups excluding carboxylic acids is 1. The van der Waals surface area contributed by atoms with Gasteiger partial charge in [-0.3, -0.25) is 4.79 Å². The molecule has 1 radical (unpaired) electrons. The molecule has 0 aliphatic carbocycles. The molecule has 0 spiro atoms. The van der Waals surface area contributed by atoms with E-state index in [1.54, 1.807) is 6.92 Å². The third-order valence-corrected chi connectivity index (χ3v) is 3.48. The Morgan fingerprint density at radius 2 is 1.21 bits per heavy atom. The minimum absolute atomic E-state index is 0.0884. The van der Waals surface area contributed by atoms with Crippen molar-refractivity contribution >= 4 is 5.97 Å². The summed E-state index contributed by atoms with van der Waals surface area (Å²) < 4.78 is 4.78. The van der Waals surface area contributed by atoms with Crippen LogP contribution in [0, 0.1) is 6.61 Å². The van der Waals surface area contributed by atoms with Gasteiger partial charge in [0.1, 0.15) is 6.61 Å². The molecule has 0 saturated heterocycles. The highest BCUT2D eigenvalue weighted by molar-refractivity contribution is 5.69. The van der Waals surface area contributed by atoms with Gasteiger partial charge in [0.2, 0.25) is 0 Å². The first kappa shape index (κ1) is 18.5. The molecule has 19 heavy (non-hydrogen) atoms. The predicted octanol–water partition coefficient (Wildman–Crippen LogP) is 5.80. The maximum atomic E-state index is 11.1. The van der Waals surface area contributed by atoms with E-state index in [-0.39, 0.29) is 5.97 Å². The average molecular weight is 269 g/mol. The third kappa shape index (κ3) is 15.4. The zero-order valence-electron chi connectivity index (χ0n) is 13.1. The SMILES string of the molecule is C[CH]OC(=O)CCCCCCCCCCCCCC. The van der Waals surface area contributed by atoms with Crippen LogP contribution in [0.4, 0.5) is 0 Å². The summed E-state index contributed by atoms with van der Waals surface area (Å²) in [4.78, 5) is 11.1. The summed E-state index contributed by atoms with van der Waals surface area (Å²) in [5, 5.41) is 0. The third-order valence-electron chi connectivity index (χ3n) is 3.48. The number of ether oxygens (including phenoxy) is 1. The van der Waals surface area contributed by atoms with Crippen molar-refractivity contribution < 1.29 is 9.53 Å². The Hall–Kier alpha value is -0.530. The molecule has 0 aromatic heterocycles. The largest absolute Gasteiger partial charge is 0.459 e. The van der Waals surface area contributed by atoms with Gasteiger partial charge in [-0.1, -0.05) is 77.6 Å². The molecule has 0 aromatic rings. The van der Waals surface area contributed by atoms with Crippen LogP contribution in [0.5, 0.6) is 0 Å². The lowest BCUT2D eigenvalue weighted by atomic mass is 10.0. The van der Waals surface area contributed by atoms with Crippen LogP contribution >= 0.6 is 0 Å². The monoisotopic (exact) mass is 269 g/mol. The number of rotatable bonds is 14. The van der Waals surface area contributed by atoms with Crippen LogP contribution in [0.15, 0.2) is 0 Å². The molecular weight excluding hydrogens is 236 g/mol. The fourth-order valence-electron chi connectivity index (χ4n) is 2.30. The highest BCUT2D eigenvalue weighted by Gasteiger charge is 2.00. The van der Waals surface area contributed by atoms with Gasteiger partial charge in [-0.05, 0) is 13.3 Å². The second-order valence-electron chi connectivity index (χ2n) is 5.36. The number of hydrogen-bond donors (Lipinski definition) is 0. The molecule has 0 N–H and O–H groups in total. The molecule has 2 heteroatoms. The molecule has 0 amide bonds. The number of carbonyl (C=O) groups is 1. The lowest BCUT2D eigenvalue weighted by Gasteiger charge is -2.03. The number of hydrogen-bond acceptors (Lipinski definition) is 2. The van der Waals surface area contributed by atoms with Crippen molar-refractivity contribution in [3.63, 3.8) is 0 Å². The highest BCUT2D eigenvalue weighted by Crippen LogP contribution is 2.12. The molecule has 0 aromatic carbocycles. The van der Waals surface area contributed by atoms with Crippen LogP contribution < -0.4 is 0 Å². The number of unbranched alkanes of at least 4 members (excludes halogenated alkanes) is 11. The van der Waals surface area contributed by atoms with Crippen molar-refractivity contribution in [3.8, 4) is 0 Å². The summed E-state index contributed by atoms with van der Waals surface area (Å²) in [6.45, 7) is 5.46. The van der Waals surface area contributed by atoms with E-state index < -0.39 is 0 Å². The van der Waals surface area contributed by atoms with Crippen molar-refractivity contribution in [1.29, 1.82) is 0 Å². The maximum Gasteiger partial charge on any atom is 0.306 e. The molecule has 0 bridgehead atoms. The molecule has 2 nitrogen and oxygen atoms in total. The summed E-state index contributed by atoms with van der Waals surface area (Å²) in [6.07, 6.45) is 16.4. The van der Waals surface area contributed by atoms with Crippen molar-refractivity contribution in [3.05, 3.63) is 6.61 Å². The topological polar surface area (TPSA) is 26.3 Å². The van der Waals surface area contributed by atoms with E-state index in [0.717, 1.165) is 12.8 Å². The minimum atomic E-state index is -0.0884. The van der Waals surface area contributed by atoms with Gasteiger partial charge in [0, 0.05) is 6.42 Å². The Morgan fingerprint density at radius 3 is 1.63 bits per heavy atom. The lowest BCUT2D eigenvalue weighted by molar-refractivity contribution is -0.140. The summed E-state index contributed by atoms with van der Waals surface area (Å²) in [7, 11) is 0. The van der Waals surface area contributed by atoms with Gasteiger partial charge in [0.15, 0.2) is 0 Å². The van der Waals surface area contributed by atoms with Crippen LogP contribution in [0.3, 0.4) is 0 Å². The minimum Gasteiger partial charge on any atom is -0.459 e. The number of esters is 1. The van der Waals surface area contributed by atoms with E-state index in [1.165, 1.54) is 70.8 Å². The fraction of sp³-hybridized carbons (Fsp3) is 0.882. The zero-order chi connectivity index (χ0) is 14.2. The summed E-state index contributed by atoms with van der Waals surface area (Å²) in [6, 6.07) is 0. The second kappa shape index (κ2) is 15.5. The Bertz CT molecular complexity index is 190. The first-order valence-corrected chi connectivity index (χ1v) is 8.28. The van der Waals surface area contributed by atoms with Crippen molar-refractivity contribution in [2.24, 2.45) is 0 Å². The first-order valence-electron chi connectivity index (χ1n) is 8.28. The molecule has 0 saturated carbocycles. The maximum absolute atomic E-state index is 11.1. The van der Waals surface area contributed by atoms with Crippen LogP contribution in [-0.2, 0) is 9.53 Å². The standard InChI is InChI=1S/C17H33O2/c1-3-5-6-7-8-9-10-11-12-13-14-15-16-17(18)19-4-2/h4H,3,5-16H2,1-2H3. The van der Waals surface area contributed by atoms with Gasteiger partial charge < -0.3 is 4.74 Å². The van der Waals surface area contributed by atoms with Gasteiger partial charge in [-0.2, -0.15) is 0 Å². The molecule has 0 aliphatic heterocycles. The second-order valence-corrected chi connectivity index (χ2v) is 5.36. The molecule has 0 aliphatic rings. The summed E-state index contributed by atoms with van der Waals surface area (Å²) in [5.74, 6) is -0.0884. The highest BCUT2D eigenvalue weighted by atomic mass is 16.5. The van der Waals surface area contributed by atoms with Gasteiger partial charge >= 0.3 is 5.97 Å². The molecule has 0 heterocycles. The van der Waals surface area contributed by atoms with E-state index in [0.29, 0.717) is 6.42 Å². The molecule has 0 fully saturated rings. The normalized spacial score (nSPS) is 10.6. The van der Waals surface area contributed by atoms with Crippen LogP contribution in [0.2, 0.25) is 0 Å². The van der Waals surface area contributed by atoms with Crippen molar-refractivity contribution in [1.82, 2.24) is 0 Å². The fourth-order valence-corrected chi connectivity index (χ4v) is 2.30. The molecule has 0 unspecified atom stereocenters. The Kier molecular flexibility index (Phi) is 15.1. The van der Waals surface area contributed by atoms with Crippen molar-refractivity contribution in [2.75, 3.05) is 0 Å². The average Bonchev–Trinajstić information content (AvgIpc) is 2.40. The van der Waals surface area contributed by atoms with Gasteiger partial charge in [-0.15, -0.1) is 0 Å². The van der Waals surface area contributed by atoms with Crippen LogP contribution in [0.1, 0.15) is 97.3 Å². The van der Waals surface area contributed by atoms with Gasteiger partial charge in [-0.25, -0.2) is 0 Å². The van der Waals surface area contributed by atoms with Gasteiger partial charge in [0.05, 0.1) is 0 Å². The van der Waals surface area contributed by atoms with Crippen LogP contribution in [-0.4, -0.2) is 5.97 Å². The first-order chi connectivity index (χ1) is 9.31. The predicted molar refractivity (Wildman–Crippen MR) is 81.8 cm³/mol. The Morgan fingerprint density at radius 1 is 0.789 bits per heavy atom. The smallest absolute Gasteiger partial charge is 0.306 e. The molecule has 113 valence electrons. The zero-order valence-corrected chi connectivity index (χ0v) is 13.1. The Balaban J connectivity index is 3.01. The van der Waals surface area contributed by atoms with E-state index in [4.69, 9.17) is 4.74 Å². The lowest BCUT2D eigenvalue weighted by Crippen LogP contribution is -2.00. The quantitative estimate of drug-likeness (QED) is 0.294. The van der Waals surface area contributed by atoms with Gasteiger partial charge in [0.25, 0.3) is 0 Å². The van der Waals surface area contributed by atoms with E-state index >= 15 is 0 Å². The van der Waals surface area contributed by atoms with E-state index in [9.17, 15) is 4.79 Å². The van der Waals surface area contributed by atoms with E-state index in [2.05, 4.69) is 6.92 Å². The van der Waals surface area contributed by atoms with E-state index in [1.807, 2.05) is 0 Å². The van der Waals surface area contributed by atoms with Crippen molar-refractivity contribution in [2.45, 2.75) is 97.3 Å².